The molecule has 0 atom stereocenters. The van der Waals surface area contributed by atoms with E-state index in [1.54, 1.807) is 0 Å². The molecule has 0 spiro atoms. The van der Waals surface area contributed by atoms with E-state index < -0.39 is 0 Å². The normalized spacial score (nSPS) is 15.7. The Morgan fingerprint density at radius 2 is 2.40 bits per heavy atom. The first-order chi connectivity index (χ1) is 7.25. The lowest BCUT2D eigenvalue weighted by atomic mass is 10.2. The lowest BCUT2D eigenvalue weighted by Gasteiger charge is -2.09. The molecule has 0 aliphatic carbocycles. The molecule has 1 N–H and O–H groups in total. The van der Waals surface area contributed by atoms with Crippen molar-refractivity contribution in [3.05, 3.63) is 15.6 Å². The Morgan fingerprint density at radius 1 is 1.53 bits per heavy atom. The maximum absolute atomic E-state index is 4.71. The van der Waals surface area contributed by atoms with Crippen LogP contribution in [0.25, 0.3) is 0 Å². The molecule has 2 nitrogen and oxygen atoms in total. The van der Waals surface area contributed by atoms with Gasteiger partial charge in [0.25, 0.3) is 0 Å². The molecule has 2 heterocycles. The molecule has 0 fully saturated rings. The summed E-state index contributed by atoms with van der Waals surface area (Å²) in [6.07, 6.45) is 1.11. The number of thioether (sulfide) groups is 1. The maximum Gasteiger partial charge on any atom is 0.103 e. The third kappa shape index (κ3) is 3.20. The predicted molar refractivity (Wildman–Crippen MR) is 68.5 cm³/mol. The monoisotopic (exact) mass is 242 g/mol. The SMILES string of the molecule is CC(C)CSCc1nc2c(s1)CNCC2. The zero-order valence-corrected chi connectivity index (χ0v) is 11.0. The number of hydrogen-bond acceptors (Lipinski definition) is 4. The summed E-state index contributed by atoms with van der Waals surface area (Å²) < 4.78 is 0. The first-order valence-corrected chi connectivity index (χ1v) is 7.48. The Labute approximate surface area is 99.9 Å². The van der Waals surface area contributed by atoms with Crippen molar-refractivity contribution in [1.29, 1.82) is 0 Å². The zero-order chi connectivity index (χ0) is 10.7. The minimum absolute atomic E-state index is 0.784. The average molecular weight is 242 g/mol. The number of nitrogens with zero attached hydrogens (tertiary/aromatic N) is 1. The van der Waals surface area contributed by atoms with Crippen molar-refractivity contribution in [3.63, 3.8) is 0 Å². The van der Waals surface area contributed by atoms with Crippen molar-refractivity contribution < 1.29 is 0 Å². The fraction of sp³-hybridized carbons (Fsp3) is 0.727. The lowest BCUT2D eigenvalue weighted by Crippen LogP contribution is -2.22. The van der Waals surface area contributed by atoms with Crippen molar-refractivity contribution in [2.24, 2.45) is 5.92 Å². The molecule has 0 saturated carbocycles. The highest BCUT2D eigenvalue weighted by atomic mass is 32.2. The van der Waals surface area contributed by atoms with Crippen molar-refractivity contribution in [2.75, 3.05) is 12.3 Å². The van der Waals surface area contributed by atoms with E-state index in [9.17, 15) is 0 Å². The average Bonchev–Trinajstić information content (AvgIpc) is 2.59. The minimum atomic E-state index is 0.784. The van der Waals surface area contributed by atoms with Gasteiger partial charge in [0.15, 0.2) is 0 Å². The first kappa shape index (κ1) is 11.4. The summed E-state index contributed by atoms with van der Waals surface area (Å²) in [5.74, 6) is 3.12. The van der Waals surface area contributed by atoms with Crippen LogP contribution in [0.4, 0.5) is 0 Å². The smallest absolute Gasteiger partial charge is 0.103 e. The molecular formula is C11H18N2S2. The van der Waals surface area contributed by atoms with Gasteiger partial charge in [-0.15, -0.1) is 11.3 Å². The Kier molecular flexibility index (Phi) is 4.05. The van der Waals surface area contributed by atoms with E-state index in [0.29, 0.717) is 0 Å². The van der Waals surface area contributed by atoms with Crippen LogP contribution in [0.3, 0.4) is 0 Å². The predicted octanol–water partition coefficient (Wildman–Crippen LogP) is 2.68. The molecule has 0 amide bonds. The number of hydrogen-bond donors (Lipinski definition) is 1. The van der Waals surface area contributed by atoms with Gasteiger partial charge in [-0.3, -0.25) is 0 Å². The summed E-state index contributed by atoms with van der Waals surface area (Å²) in [5, 5.41) is 4.71. The molecule has 84 valence electrons. The molecule has 4 heteroatoms. The molecule has 1 aromatic heterocycles. The fourth-order valence-electron chi connectivity index (χ4n) is 1.62. The van der Waals surface area contributed by atoms with Crippen LogP contribution in [0.2, 0.25) is 0 Å². The van der Waals surface area contributed by atoms with E-state index in [1.807, 2.05) is 23.1 Å². The van der Waals surface area contributed by atoms with Crippen LogP contribution >= 0.6 is 23.1 Å². The largest absolute Gasteiger partial charge is 0.311 e. The molecule has 0 aromatic carbocycles. The van der Waals surface area contributed by atoms with Crippen LogP contribution in [0.15, 0.2) is 0 Å². The van der Waals surface area contributed by atoms with Crippen molar-refractivity contribution in [3.8, 4) is 0 Å². The first-order valence-electron chi connectivity index (χ1n) is 5.51. The third-order valence-electron chi connectivity index (χ3n) is 2.32. The Bertz CT molecular complexity index is 297. The van der Waals surface area contributed by atoms with E-state index in [-0.39, 0.29) is 0 Å². The highest BCUT2D eigenvalue weighted by Crippen LogP contribution is 2.25. The second-order valence-corrected chi connectivity index (χ2v) is 6.51. The summed E-state index contributed by atoms with van der Waals surface area (Å²) in [7, 11) is 0. The van der Waals surface area contributed by atoms with Crippen molar-refractivity contribution in [2.45, 2.75) is 32.6 Å². The highest BCUT2D eigenvalue weighted by molar-refractivity contribution is 7.98. The van der Waals surface area contributed by atoms with E-state index in [4.69, 9.17) is 4.98 Å². The van der Waals surface area contributed by atoms with Crippen LogP contribution in [0, 0.1) is 5.92 Å². The molecule has 2 rings (SSSR count). The number of fused-ring (bicyclic) bond motifs is 1. The van der Waals surface area contributed by atoms with E-state index in [1.165, 1.54) is 21.3 Å². The van der Waals surface area contributed by atoms with Gasteiger partial charge in [-0.05, 0) is 11.7 Å². The van der Waals surface area contributed by atoms with Gasteiger partial charge in [-0.2, -0.15) is 11.8 Å². The summed E-state index contributed by atoms with van der Waals surface area (Å²) in [6, 6.07) is 0. The van der Waals surface area contributed by atoms with Crippen LogP contribution in [-0.2, 0) is 18.7 Å². The minimum Gasteiger partial charge on any atom is -0.311 e. The second kappa shape index (κ2) is 5.32. The second-order valence-electron chi connectivity index (χ2n) is 4.31. The van der Waals surface area contributed by atoms with Crippen LogP contribution in [0.1, 0.15) is 29.4 Å². The van der Waals surface area contributed by atoms with Gasteiger partial charge >= 0.3 is 0 Å². The molecule has 1 aliphatic rings. The molecule has 0 unspecified atom stereocenters. The van der Waals surface area contributed by atoms with Gasteiger partial charge in [0.1, 0.15) is 5.01 Å². The van der Waals surface area contributed by atoms with E-state index in [0.717, 1.165) is 31.2 Å². The molecule has 1 aromatic rings. The number of nitrogens with one attached hydrogen (secondary N) is 1. The van der Waals surface area contributed by atoms with Gasteiger partial charge in [0.2, 0.25) is 0 Å². The molecule has 1 aliphatic heterocycles. The molecule has 15 heavy (non-hydrogen) atoms. The van der Waals surface area contributed by atoms with Crippen LogP contribution in [-0.4, -0.2) is 17.3 Å². The Hall–Kier alpha value is -0.0600. The Balaban J connectivity index is 1.89. The number of aromatic nitrogens is 1. The van der Waals surface area contributed by atoms with Gasteiger partial charge in [0.05, 0.1) is 5.69 Å². The number of thiazole rings is 1. The summed E-state index contributed by atoms with van der Waals surface area (Å²) in [6.45, 7) is 6.66. The number of rotatable bonds is 4. The molecule has 0 bridgehead atoms. The molecule has 0 radical (unpaired) electrons. The van der Waals surface area contributed by atoms with Gasteiger partial charge in [0, 0.05) is 30.1 Å². The quantitative estimate of drug-likeness (QED) is 0.878. The summed E-state index contributed by atoms with van der Waals surface area (Å²) >= 11 is 3.90. The van der Waals surface area contributed by atoms with E-state index in [2.05, 4.69) is 19.2 Å². The third-order valence-corrected chi connectivity index (χ3v) is 4.98. The fourth-order valence-corrected chi connectivity index (χ4v) is 3.82. The maximum atomic E-state index is 4.71. The summed E-state index contributed by atoms with van der Waals surface area (Å²) in [4.78, 5) is 6.16. The molecular weight excluding hydrogens is 224 g/mol. The van der Waals surface area contributed by atoms with Crippen LogP contribution in [0.5, 0.6) is 0 Å². The standard InChI is InChI=1S/C11H18N2S2/c1-8(2)6-14-7-11-13-9-3-4-12-5-10(9)15-11/h8,12H,3-7H2,1-2H3. The summed E-state index contributed by atoms with van der Waals surface area (Å²) in [5.41, 5.74) is 1.35. The molecule has 0 saturated heterocycles. The van der Waals surface area contributed by atoms with E-state index >= 15 is 0 Å². The highest BCUT2D eigenvalue weighted by Gasteiger charge is 2.14. The van der Waals surface area contributed by atoms with Crippen molar-refractivity contribution in [1.82, 2.24) is 10.3 Å². The van der Waals surface area contributed by atoms with Crippen LogP contribution < -0.4 is 5.32 Å². The topological polar surface area (TPSA) is 24.9 Å². The van der Waals surface area contributed by atoms with Gasteiger partial charge in [-0.1, -0.05) is 13.8 Å². The van der Waals surface area contributed by atoms with Gasteiger partial charge < -0.3 is 5.32 Å². The zero-order valence-electron chi connectivity index (χ0n) is 9.38. The lowest BCUT2D eigenvalue weighted by molar-refractivity contribution is 0.643. The van der Waals surface area contributed by atoms with Gasteiger partial charge in [-0.25, -0.2) is 4.98 Å². The van der Waals surface area contributed by atoms with Crippen molar-refractivity contribution >= 4 is 23.1 Å². The Morgan fingerprint density at radius 3 is 3.13 bits per heavy atom.